The minimum absolute atomic E-state index is 0.795. The van der Waals surface area contributed by atoms with Crippen LogP contribution in [-0.2, 0) is 0 Å². The van der Waals surface area contributed by atoms with Crippen LogP contribution in [0.4, 0.5) is 11.4 Å². The van der Waals surface area contributed by atoms with Crippen molar-refractivity contribution >= 4 is 11.4 Å². The molecule has 0 saturated carbocycles. The average Bonchev–Trinajstić information content (AvgIpc) is 2.71. The smallest absolute Gasteiger partial charge is 0.0395 e. The minimum atomic E-state index is 0.795. The number of hydrogen-bond acceptors (Lipinski definition) is 2. The summed E-state index contributed by atoms with van der Waals surface area (Å²) < 4.78 is 0. The lowest BCUT2D eigenvalue weighted by Gasteiger charge is -2.06. The van der Waals surface area contributed by atoms with Crippen molar-refractivity contribution in [2.75, 3.05) is 18.1 Å². The van der Waals surface area contributed by atoms with Gasteiger partial charge in [0.25, 0.3) is 0 Å². The molecule has 0 spiro atoms. The van der Waals surface area contributed by atoms with Crippen molar-refractivity contribution in [2.24, 2.45) is 0 Å². The summed E-state index contributed by atoms with van der Waals surface area (Å²) in [5, 5.41) is 3.09. The Kier molecular flexibility index (Phi) is 2.14. The molecule has 0 fully saturated rings. The molecule has 1 aromatic heterocycles. The molecule has 1 aromatic carbocycles. The third-order valence-electron chi connectivity index (χ3n) is 2.25. The molecular formula is C11H13N3. The van der Waals surface area contributed by atoms with Crippen molar-refractivity contribution in [3.05, 3.63) is 36.7 Å². The number of rotatable bonds is 2. The Balaban J connectivity index is 2.51. The molecule has 2 rings (SSSR count). The second-order valence-electron chi connectivity index (χ2n) is 3.15. The van der Waals surface area contributed by atoms with E-state index in [2.05, 4.69) is 10.3 Å². The molecule has 0 amide bonds. The second kappa shape index (κ2) is 3.46. The normalized spacial score (nSPS) is 10.1. The zero-order valence-electron chi connectivity index (χ0n) is 8.04. The van der Waals surface area contributed by atoms with Crippen LogP contribution in [0.15, 0.2) is 36.7 Å². The second-order valence-corrected chi connectivity index (χ2v) is 3.15. The van der Waals surface area contributed by atoms with Crippen LogP contribution in [-0.4, -0.2) is 12.0 Å². The lowest BCUT2D eigenvalue weighted by Crippen LogP contribution is -1.92. The number of nitrogens with one attached hydrogen (secondary N) is 2. The van der Waals surface area contributed by atoms with Gasteiger partial charge in [-0.2, -0.15) is 0 Å². The van der Waals surface area contributed by atoms with Crippen LogP contribution in [0.5, 0.6) is 0 Å². The molecule has 0 radical (unpaired) electrons. The lowest BCUT2D eigenvalue weighted by atomic mass is 10.1. The van der Waals surface area contributed by atoms with Gasteiger partial charge in [0, 0.05) is 41.9 Å². The number of H-pyrrole nitrogens is 1. The topological polar surface area (TPSA) is 53.8 Å². The molecule has 0 aliphatic heterocycles. The number of benzene rings is 1. The maximum atomic E-state index is 5.89. The number of hydrogen-bond donors (Lipinski definition) is 3. The van der Waals surface area contributed by atoms with E-state index in [1.807, 2.05) is 43.7 Å². The first-order valence-electron chi connectivity index (χ1n) is 4.51. The number of aromatic nitrogens is 1. The quantitative estimate of drug-likeness (QED) is 0.632. The van der Waals surface area contributed by atoms with Gasteiger partial charge in [-0.25, -0.2) is 0 Å². The summed E-state index contributed by atoms with van der Waals surface area (Å²) in [5.41, 5.74) is 9.92. The Morgan fingerprint density at radius 2 is 2.14 bits per heavy atom. The van der Waals surface area contributed by atoms with E-state index < -0.39 is 0 Å². The predicted octanol–water partition coefficient (Wildman–Crippen LogP) is 2.31. The zero-order chi connectivity index (χ0) is 9.97. The van der Waals surface area contributed by atoms with Gasteiger partial charge in [0.2, 0.25) is 0 Å². The van der Waals surface area contributed by atoms with Gasteiger partial charge in [0.15, 0.2) is 0 Å². The Hall–Kier alpha value is -1.90. The third kappa shape index (κ3) is 1.44. The molecule has 0 saturated heterocycles. The molecular weight excluding hydrogens is 174 g/mol. The molecule has 14 heavy (non-hydrogen) atoms. The molecule has 4 N–H and O–H groups in total. The standard InChI is InChI=1S/C11H13N3/c1-13-9-2-3-11(12)10(6-9)8-4-5-14-7-8/h2-7,13-14H,12H2,1H3. The highest BCUT2D eigenvalue weighted by molar-refractivity contribution is 5.79. The van der Waals surface area contributed by atoms with Gasteiger partial charge >= 0.3 is 0 Å². The number of nitrogens with two attached hydrogens (primary N) is 1. The van der Waals surface area contributed by atoms with E-state index in [1.165, 1.54) is 0 Å². The fourth-order valence-corrected chi connectivity index (χ4v) is 1.45. The van der Waals surface area contributed by atoms with Crippen molar-refractivity contribution in [2.45, 2.75) is 0 Å². The first kappa shape index (κ1) is 8.69. The van der Waals surface area contributed by atoms with Gasteiger partial charge in [0.1, 0.15) is 0 Å². The molecule has 2 aromatic rings. The molecule has 0 atom stereocenters. The summed E-state index contributed by atoms with van der Waals surface area (Å²) >= 11 is 0. The van der Waals surface area contributed by atoms with Crippen LogP contribution < -0.4 is 11.1 Å². The van der Waals surface area contributed by atoms with Crippen LogP contribution in [0.2, 0.25) is 0 Å². The largest absolute Gasteiger partial charge is 0.398 e. The predicted molar refractivity (Wildman–Crippen MR) is 60.2 cm³/mol. The van der Waals surface area contributed by atoms with Crippen LogP contribution in [0.1, 0.15) is 0 Å². The van der Waals surface area contributed by atoms with E-state index in [0.717, 1.165) is 22.5 Å². The highest BCUT2D eigenvalue weighted by Crippen LogP contribution is 2.28. The van der Waals surface area contributed by atoms with Gasteiger partial charge in [0.05, 0.1) is 0 Å². The Bertz CT molecular complexity index is 418. The molecule has 3 heteroatoms. The molecule has 3 nitrogen and oxygen atoms in total. The Morgan fingerprint density at radius 1 is 1.29 bits per heavy atom. The summed E-state index contributed by atoms with van der Waals surface area (Å²) in [6, 6.07) is 7.92. The maximum Gasteiger partial charge on any atom is 0.0395 e. The molecule has 72 valence electrons. The third-order valence-corrected chi connectivity index (χ3v) is 2.25. The summed E-state index contributed by atoms with van der Waals surface area (Å²) in [6.45, 7) is 0. The Labute approximate surface area is 83.0 Å². The van der Waals surface area contributed by atoms with Crippen LogP contribution in [0.3, 0.4) is 0 Å². The first-order chi connectivity index (χ1) is 6.81. The minimum Gasteiger partial charge on any atom is -0.398 e. The van der Waals surface area contributed by atoms with Gasteiger partial charge in [-0.1, -0.05) is 0 Å². The first-order valence-corrected chi connectivity index (χ1v) is 4.51. The van der Waals surface area contributed by atoms with Gasteiger partial charge in [-0.15, -0.1) is 0 Å². The molecule has 0 aliphatic rings. The van der Waals surface area contributed by atoms with Crippen LogP contribution in [0.25, 0.3) is 11.1 Å². The summed E-state index contributed by atoms with van der Waals surface area (Å²) in [7, 11) is 1.90. The van der Waals surface area contributed by atoms with Crippen molar-refractivity contribution in [1.29, 1.82) is 0 Å². The fourth-order valence-electron chi connectivity index (χ4n) is 1.45. The van der Waals surface area contributed by atoms with E-state index in [9.17, 15) is 0 Å². The van der Waals surface area contributed by atoms with Crippen molar-refractivity contribution in [3.8, 4) is 11.1 Å². The van der Waals surface area contributed by atoms with Crippen LogP contribution >= 0.6 is 0 Å². The molecule has 1 heterocycles. The summed E-state index contributed by atoms with van der Waals surface area (Å²) in [4.78, 5) is 3.02. The summed E-state index contributed by atoms with van der Waals surface area (Å²) in [5.74, 6) is 0. The lowest BCUT2D eigenvalue weighted by molar-refractivity contribution is 1.41. The van der Waals surface area contributed by atoms with Gasteiger partial charge in [-0.3, -0.25) is 0 Å². The number of aromatic amines is 1. The van der Waals surface area contributed by atoms with Gasteiger partial charge < -0.3 is 16.0 Å². The maximum absolute atomic E-state index is 5.89. The number of anilines is 2. The monoisotopic (exact) mass is 187 g/mol. The highest BCUT2D eigenvalue weighted by Gasteiger charge is 2.03. The fraction of sp³-hybridized carbons (Fsp3) is 0.0909. The van der Waals surface area contributed by atoms with E-state index in [-0.39, 0.29) is 0 Å². The van der Waals surface area contributed by atoms with Crippen molar-refractivity contribution in [3.63, 3.8) is 0 Å². The zero-order valence-corrected chi connectivity index (χ0v) is 8.04. The van der Waals surface area contributed by atoms with Crippen molar-refractivity contribution in [1.82, 2.24) is 4.98 Å². The molecule has 0 aliphatic carbocycles. The Morgan fingerprint density at radius 3 is 2.79 bits per heavy atom. The van der Waals surface area contributed by atoms with Crippen LogP contribution in [0, 0.1) is 0 Å². The van der Waals surface area contributed by atoms with E-state index in [1.54, 1.807) is 0 Å². The van der Waals surface area contributed by atoms with E-state index >= 15 is 0 Å². The molecule has 0 bridgehead atoms. The van der Waals surface area contributed by atoms with Crippen molar-refractivity contribution < 1.29 is 0 Å². The average molecular weight is 187 g/mol. The SMILES string of the molecule is CNc1ccc(N)c(-c2cc[nH]c2)c1. The highest BCUT2D eigenvalue weighted by atomic mass is 14.8. The van der Waals surface area contributed by atoms with Gasteiger partial charge in [-0.05, 0) is 24.3 Å². The summed E-state index contributed by atoms with van der Waals surface area (Å²) in [6.07, 6.45) is 3.83. The number of nitrogen functional groups attached to an aromatic ring is 1. The van der Waals surface area contributed by atoms with E-state index in [4.69, 9.17) is 5.73 Å². The molecule has 0 unspecified atom stereocenters. The van der Waals surface area contributed by atoms with E-state index in [0.29, 0.717) is 0 Å².